The summed E-state index contributed by atoms with van der Waals surface area (Å²) in [4.78, 5) is 14.1. The number of carboxylic acid groups (broad SMARTS) is 1. The number of imidazole rings is 1. The molecule has 7 nitrogen and oxygen atoms in total. The van der Waals surface area contributed by atoms with E-state index < -0.39 is 22.5 Å². The lowest BCUT2D eigenvalue weighted by Gasteiger charge is -2.12. The monoisotopic (exact) mass is 247 g/mol. The third kappa shape index (κ3) is 2.58. The van der Waals surface area contributed by atoms with Gasteiger partial charge >= 0.3 is 5.97 Å². The number of rotatable bonds is 5. The van der Waals surface area contributed by atoms with Crippen molar-refractivity contribution in [2.24, 2.45) is 0 Å². The Labute approximate surface area is 93.4 Å². The van der Waals surface area contributed by atoms with Crippen LogP contribution in [0.25, 0.3) is 0 Å². The third-order valence-electron chi connectivity index (χ3n) is 2.01. The van der Waals surface area contributed by atoms with Crippen molar-refractivity contribution in [2.75, 3.05) is 13.6 Å². The summed E-state index contributed by atoms with van der Waals surface area (Å²) in [6.45, 7) is 1.87. The van der Waals surface area contributed by atoms with E-state index in [1.807, 2.05) is 6.92 Å². The Hall–Kier alpha value is -1.41. The molecule has 0 fully saturated rings. The Bertz CT molecular complexity index is 479. The van der Waals surface area contributed by atoms with Gasteiger partial charge in [0.1, 0.15) is 6.54 Å². The van der Waals surface area contributed by atoms with Gasteiger partial charge in [0.05, 0.1) is 6.33 Å². The van der Waals surface area contributed by atoms with Gasteiger partial charge in [-0.1, -0.05) is 0 Å². The van der Waals surface area contributed by atoms with Gasteiger partial charge in [0, 0.05) is 19.8 Å². The van der Waals surface area contributed by atoms with Gasteiger partial charge in [-0.15, -0.1) is 0 Å². The van der Waals surface area contributed by atoms with Gasteiger partial charge in [-0.2, -0.15) is 4.31 Å². The molecule has 0 aliphatic rings. The van der Waals surface area contributed by atoms with Crippen LogP contribution in [0.1, 0.15) is 6.92 Å². The number of hydrogen-bond acceptors (Lipinski definition) is 4. The predicted molar refractivity (Wildman–Crippen MR) is 55.4 cm³/mol. The number of sulfonamides is 1. The van der Waals surface area contributed by atoms with Crippen molar-refractivity contribution in [1.29, 1.82) is 0 Å². The molecule has 0 amide bonds. The summed E-state index contributed by atoms with van der Waals surface area (Å²) in [6, 6.07) is 0. The van der Waals surface area contributed by atoms with Crippen LogP contribution in [-0.2, 0) is 21.4 Å². The highest BCUT2D eigenvalue weighted by atomic mass is 32.2. The number of carbonyl (C=O) groups is 1. The van der Waals surface area contributed by atoms with Gasteiger partial charge in [0.2, 0.25) is 0 Å². The summed E-state index contributed by atoms with van der Waals surface area (Å²) in [5.74, 6) is -1.21. The molecular weight excluding hydrogens is 234 g/mol. The van der Waals surface area contributed by atoms with Crippen molar-refractivity contribution in [2.45, 2.75) is 18.5 Å². The molecule has 90 valence electrons. The van der Waals surface area contributed by atoms with E-state index in [4.69, 9.17) is 5.11 Å². The van der Waals surface area contributed by atoms with Crippen molar-refractivity contribution in [3.8, 4) is 0 Å². The molecule has 0 radical (unpaired) electrons. The summed E-state index contributed by atoms with van der Waals surface area (Å²) in [6.07, 6.45) is 2.76. The van der Waals surface area contributed by atoms with Crippen LogP contribution in [0.15, 0.2) is 17.6 Å². The van der Waals surface area contributed by atoms with Crippen LogP contribution in [0.4, 0.5) is 0 Å². The van der Waals surface area contributed by atoms with Crippen molar-refractivity contribution >= 4 is 16.0 Å². The fourth-order valence-electron chi connectivity index (χ4n) is 1.08. The molecule has 1 heterocycles. The maximum Gasteiger partial charge on any atom is 0.318 e. The van der Waals surface area contributed by atoms with Gasteiger partial charge in [0.25, 0.3) is 10.0 Å². The van der Waals surface area contributed by atoms with E-state index in [-0.39, 0.29) is 5.03 Å². The van der Waals surface area contributed by atoms with Crippen LogP contribution in [0.5, 0.6) is 0 Å². The Morgan fingerprint density at radius 3 is 2.69 bits per heavy atom. The molecule has 0 spiro atoms. The second kappa shape index (κ2) is 4.62. The molecule has 0 aliphatic heterocycles. The van der Waals surface area contributed by atoms with Gasteiger partial charge < -0.3 is 9.67 Å². The SMILES string of the molecule is CCn1cnc(S(=O)(=O)N(C)CC(=O)O)c1. The van der Waals surface area contributed by atoms with Crippen LogP contribution >= 0.6 is 0 Å². The van der Waals surface area contributed by atoms with Crippen LogP contribution in [0, 0.1) is 0 Å². The molecule has 0 unspecified atom stereocenters. The fraction of sp³-hybridized carbons (Fsp3) is 0.500. The van der Waals surface area contributed by atoms with Crippen LogP contribution in [-0.4, -0.2) is 46.9 Å². The zero-order chi connectivity index (χ0) is 12.3. The number of likely N-dealkylation sites (N-methyl/N-ethyl adjacent to an activating group) is 1. The van der Waals surface area contributed by atoms with Crippen LogP contribution in [0.2, 0.25) is 0 Å². The maximum absolute atomic E-state index is 11.8. The van der Waals surface area contributed by atoms with Gasteiger partial charge in [-0.25, -0.2) is 13.4 Å². The fourth-order valence-corrected chi connectivity index (χ4v) is 2.13. The van der Waals surface area contributed by atoms with Crippen LogP contribution in [0.3, 0.4) is 0 Å². The maximum atomic E-state index is 11.8. The molecule has 0 aromatic carbocycles. The molecule has 0 atom stereocenters. The lowest BCUT2D eigenvalue weighted by atomic mass is 10.7. The summed E-state index contributed by atoms with van der Waals surface area (Å²) in [5, 5.41) is 8.37. The summed E-state index contributed by atoms with van der Waals surface area (Å²) >= 11 is 0. The summed E-state index contributed by atoms with van der Waals surface area (Å²) in [5.41, 5.74) is 0. The number of aliphatic carboxylic acids is 1. The molecule has 1 aromatic heterocycles. The van der Waals surface area contributed by atoms with Gasteiger partial charge in [0.15, 0.2) is 5.03 Å². The summed E-state index contributed by atoms with van der Waals surface area (Å²) < 4.78 is 25.9. The highest BCUT2D eigenvalue weighted by Crippen LogP contribution is 2.10. The van der Waals surface area contributed by atoms with E-state index in [9.17, 15) is 13.2 Å². The Kier molecular flexibility index (Phi) is 3.66. The topological polar surface area (TPSA) is 92.5 Å². The molecule has 8 heteroatoms. The second-order valence-corrected chi connectivity index (χ2v) is 5.19. The Morgan fingerprint density at radius 1 is 1.62 bits per heavy atom. The number of aromatic nitrogens is 2. The molecule has 1 aromatic rings. The average molecular weight is 247 g/mol. The number of aryl methyl sites for hydroxylation is 1. The first-order valence-corrected chi connectivity index (χ1v) is 6.02. The molecule has 0 bridgehead atoms. The van der Waals surface area contributed by atoms with E-state index in [1.54, 1.807) is 4.57 Å². The zero-order valence-corrected chi connectivity index (χ0v) is 9.81. The predicted octanol–water partition coefficient (Wildman–Crippen LogP) is -0.392. The smallest absolute Gasteiger partial charge is 0.318 e. The minimum atomic E-state index is -3.80. The third-order valence-corrected chi connectivity index (χ3v) is 3.70. The number of hydrogen-bond donors (Lipinski definition) is 1. The minimum Gasteiger partial charge on any atom is -0.480 e. The lowest BCUT2D eigenvalue weighted by Crippen LogP contribution is -2.32. The van der Waals surface area contributed by atoms with E-state index in [2.05, 4.69) is 4.98 Å². The molecular formula is C8H13N3O4S. The van der Waals surface area contributed by atoms with Crippen molar-refractivity contribution < 1.29 is 18.3 Å². The van der Waals surface area contributed by atoms with E-state index in [1.165, 1.54) is 19.6 Å². The zero-order valence-electron chi connectivity index (χ0n) is 8.99. The molecule has 0 saturated heterocycles. The second-order valence-electron chi connectivity index (χ2n) is 3.20. The minimum absolute atomic E-state index is 0.141. The normalized spacial score (nSPS) is 11.9. The van der Waals surface area contributed by atoms with Crippen LogP contribution < -0.4 is 0 Å². The standard InChI is InChI=1S/C8H13N3O4S/c1-3-11-4-7(9-6-11)16(14,15)10(2)5-8(12)13/h4,6H,3,5H2,1-2H3,(H,12,13). The van der Waals surface area contributed by atoms with Crippen molar-refractivity contribution in [3.05, 3.63) is 12.5 Å². The first-order valence-electron chi connectivity index (χ1n) is 4.57. The Balaban J connectivity index is 2.97. The van der Waals surface area contributed by atoms with Gasteiger partial charge in [-0.3, -0.25) is 4.79 Å². The van der Waals surface area contributed by atoms with E-state index >= 15 is 0 Å². The highest BCUT2D eigenvalue weighted by molar-refractivity contribution is 7.89. The molecule has 1 N–H and O–H groups in total. The van der Waals surface area contributed by atoms with Gasteiger partial charge in [-0.05, 0) is 6.92 Å². The molecule has 1 rings (SSSR count). The largest absolute Gasteiger partial charge is 0.480 e. The van der Waals surface area contributed by atoms with Crippen molar-refractivity contribution in [3.63, 3.8) is 0 Å². The quantitative estimate of drug-likeness (QED) is 0.764. The molecule has 0 saturated carbocycles. The highest BCUT2D eigenvalue weighted by Gasteiger charge is 2.24. The first-order chi connectivity index (χ1) is 7.37. The van der Waals surface area contributed by atoms with E-state index in [0.29, 0.717) is 6.54 Å². The number of carboxylic acids is 1. The lowest BCUT2D eigenvalue weighted by molar-refractivity contribution is -0.137. The summed E-state index contributed by atoms with van der Waals surface area (Å²) in [7, 11) is -2.60. The van der Waals surface area contributed by atoms with E-state index in [0.717, 1.165) is 4.31 Å². The molecule has 16 heavy (non-hydrogen) atoms. The number of nitrogens with zero attached hydrogens (tertiary/aromatic N) is 3. The average Bonchev–Trinajstić information content (AvgIpc) is 2.65. The molecule has 0 aliphatic carbocycles. The first kappa shape index (κ1) is 12.7. The Morgan fingerprint density at radius 2 is 2.25 bits per heavy atom. The van der Waals surface area contributed by atoms with Crippen molar-refractivity contribution in [1.82, 2.24) is 13.9 Å².